The molecular weight excluding hydrogens is 472 g/mol. The largest absolute Gasteiger partial charge is 0.406 e. The molecule has 2 N–H and O–H groups in total. The van der Waals surface area contributed by atoms with Crippen LogP contribution in [0.5, 0.6) is 0 Å². The van der Waals surface area contributed by atoms with E-state index in [1.165, 1.54) is 0 Å². The highest BCUT2D eigenvalue weighted by molar-refractivity contribution is 7.90. The fourth-order valence-electron chi connectivity index (χ4n) is 4.99. The maximum absolute atomic E-state index is 13.3. The number of nitrogens with one attached hydrogen (secondary N) is 2. The summed E-state index contributed by atoms with van der Waals surface area (Å²) in [6.45, 7) is -0.788. The van der Waals surface area contributed by atoms with E-state index < -0.39 is 70.2 Å². The van der Waals surface area contributed by atoms with Crippen LogP contribution in [0.4, 0.5) is 22.4 Å². The van der Waals surface area contributed by atoms with Crippen molar-refractivity contribution in [2.75, 3.05) is 19.8 Å². The third-order valence-electron chi connectivity index (χ3n) is 6.92. The van der Waals surface area contributed by atoms with E-state index in [-0.39, 0.29) is 31.8 Å². The van der Waals surface area contributed by atoms with Gasteiger partial charge in [0, 0.05) is 12.1 Å². The van der Waals surface area contributed by atoms with Gasteiger partial charge in [0.15, 0.2) is 0 Å². The molecule has 0 aromatic carbocycles. The summed E-state index contributed by atoms with van der Waals surface area (Å²) in [5.41, 5.74) is 1.58. The van der Waals surface area contributed by atoms with Gasteiger partial charge in [-0.3, -0.25) is 14.5 Å². The number of hydroxylamine groups is 1. The lowest BCUT2D eigenvalue weighted by molar-refractivity contribution is -0.162. The molecule has 33 heavy (non-hydrogen) atoms. The molecule has 2 aliphatic heterocycles. The summed E-state index contributed by atoms with van der Waals surface area (Å²) < 4.78 is 81.2. The summed E-state index contributed by atoms with van der Waals surface area (Å²) in [6.07, 6.45) is -4.40. The Morgan fingerprint density at radius 1 is 1.21 bits per heavy atom. The highest BCUT2D eigenvalue weighted by atomic mass is 32.2. The Morgan fingerprint density at radius 3 is 2.45 bits per heavy atom. The van der Waals surface area contributed by atoms with E-state index >= 15 is 0 Å². The van der Waals surface area contributed by atoms with Crippen molar-refractivity contribution in [3.8, 4) is 0 Å². The van der Waals surface area contributed by atoms with Crippen molar-refractivity contribution < 1.29 is 40.4 Å². The van der Waals surface area contributed by atoms with Gasteiger partial charge in [-0.15, -0.1) is 0 Å². The van der Waals surface area contributed by atoms with Crippen molar-refractivity contribution in [1.82, 2.24) is 20.0 Å². The molecule has 4 aliphatic rings. The van der Waals surface area contributed by atoms with Gasteiger partial charge in [0.25, 0.3) is 0 Å². The molecule has 2 heterocycles. The molecule has 2 aliphatic carbocycles. The van der Waals surface area contributed by atoms with Crippen LogP contribution < -0.4 is 10.2 Å². The average Bonchev–Trinajstić information content (AvgIpc) is 3.38. The number of carbonyl (C=O) groups excluding carboxylic acids is 2. The van der Waals surface area contributed by atoms with Crippen LogP contribution in [0.25, 0.3) is 0 Å². The highest BCUT2D eigenvalue weighted by Crippen LogP contribution is 2.41. The fourth-order valence-corrected chi connectivity index (χ4v) is 6.93. The maximum Gasteiger partial charge on any atom is 0.406 e. The van der Waals surface area contributed by atoms with Crippen molar-refractivity contribution >= 4 is 22.0 Å². The normalized spacial score (nSPS) is 34.5. The zero-order chi connectivity index (χ0) is 24.2. The molecule has 188 valence electrons. The first-order valence-corrected chi connectivity index (χ1v) is 12.6. The van der Waals surface area contributed by atoms with E-state index in [0.717, 1.165) is 4.90 Å². The Morgan fingerprint density at radius 2 is 1.91 bits per heavy atom. The first kappa shape index (κ1) is 24.6. The molecule has 5 unspecified atom stereocenters. The van der Waals surface area contributed by atoms with Gasteiger partial charge in [0.2, 0.25) is 15.9 Å². The molecule has 0 spiro atoms. The van der Waals surface area contributed by atoms with Crippen molar-refractivity contribution in [2.24, 2.45) is 5.92 Å². The van der Waals surface area contributed by atoms with Crippen molar-refractivity contribution in [1.29, 1.82) is 0 Å². The summed E-state index contributed by atoms with van der Waals surface area (Å²) in [5, 5.41) is -1.06. The number of hydrogen-bond donors (Lipinski definition) is 2. The van der Waals surface area contributed by atoms with Crippen LogP contribution in [0.1, 0.15) is 45.4 Å². The van der Waals surface area contributed by atoms with E-state index in [9.17, 15) is 35.6 Å². The second-order valence-corrected chi connectivity index (χ2v) is 11.6. The topological polar surface area (TPSA) is 108 Å². The molecule has 5 atom stereocenters. The Balaban J connectivity index is 1.56. The minimum absolute atomic E-state index is 0.0268. The molecule has 2 saturated heterocycles. The predicted octanol–water partition coefficient (Wildman–Crippen LogP) is 1.45. The van der Waals surface area contributed by atoms with Crippen LogP contribution in [-0.2, 0) is 19.7 Å². The fraction of sp³-hybridized carbons (Fsp3) is 0.895. The van der Waals surface area contributed by atoms with Crippen molar-refractivity contribution in [3.05, 3.63) is 0 Å². The average molecular weight is 501 g/mol. The minimum atomic E-state index is -4.68. The van der Waals surface area contributed by atoms with Gasteiger partial charge in [-0.2, -0.15) is 18.7 Å². The van der Waals surface area contributed by atoms with Gasteiger partial charge >= 0.3 is 12.2 Å². The zero-order valence-corrected chi connectivity index (χ0v) is 18.9. The number of alkyl halides is 4. The first-order chi connectivity index (χ1) is 15.3. The molecule has 4 rings (SSSR count). The smallest absolute Gasteiger partial charge is 0.311 e. The van der Waals surface area contributed by atoms with Gasteiger partial charge in [-0.1, -0.05) is 0 Å². The molecule has 4 fully saturated rings. The Hall–Kier alpha value is -1.51. The molecule has 2 saturated carbocycles. The quantitative estimate of drug-likeness (QED) is 0.513. The van der Waals surface area contributed by atoms with Crippen molar-refractivity contribution in [3.63, 3.8) is 0 Å². The Kier molecular flexibility index (Phi) is 6.42. The maximum atomic E-state index is 13.3. The van der Waals surface area contributed by atoms with Crippen molar-refractivity contribution in [2.45, 2.75) is 80.6 Å². The van der Waals surface area contributed by atoms with Crippen LogP contribution in [0.15, 0.2) is 0 Å². The molecule has 3 amide bonds. The Bertz CT molecular complexity index is 897. The zero-order valence-electron chi connectivity index (χ0n) is 18.1. The lowest BCUT2D eigenvalue weighted by Crippen LogP contribution is -2.66. The number of rotatable bonds is 7. The van der Waals surface area contributed by atoms with Crippen LogP contribution in [0.2, 0.25) is 0 Å². The van der Waals surface area contributed by atoms with E-state index in [4.69, 9.17) is 4.84 Å². The van der Waals surface area contributed by atoms with Gasteiger partial charge in [0.05, 0.1) is 29.4 Å². The van der Waals surface area contributed by atoms with E-state index in [1.807, 2.05) is 6.92 Å². The molecule has 14 heteroatoms. The van der Waals surface area contributed by atoms with Gasteiger partial charge < -0.3 is 4.90 Å². The lowest BCUT2D eigenvalue weighted by atomic mass is 9.80. The van der Waals surface area contributed by atoms with Gasteiger partial charge in [-0.25, -0.2) is 22.3 Å². The van der Waals surface area contributed by atoms with E-state index in [0.29, 0.717) is 24.2 Å². The standard InChI is InChI=1S/C19H28F4N4O5S/c1-11-6-12(32-24-11)8-26-16(28)14-7-13(33(30,31)25-18(9-20)4-5-18)2-3-15(14)27(17(26)29)10-19(21,22)23/h11-15,24-25H,2-10H2,1H3. The number of imide groups is 1. The molecular formula is C19H28F4N4O5S. The van der Waals surface area contributed by atoms with Gasteiger partial charge in [-0.05, 0) is 45.4 Å². The molecule has 0 aromatic heterocycles. The number of sulfonamides is 1. The molecule has 0 aromatic rings. The van der Waals surface area contributed by atoms with Gasteiger partial charge in [0.1, 0.15) is 13.2 Å². The van der Waals surface area contributed by atoms with Crippen LogP contribution in [-0.4, -0.2) is 85.1 Å². The summed E-state index contributed by atoms with van der Waals surface area (Å²) in [4.78, 5) is 32.9. The number of halogens is 4. The lowest BCUT2D eigenvalue weighted by Gasteiger charge is -2.48. The summed E-state index contributed by atoms with van der Waals surface area (Å²) in [6, 6.07) is -2.15. The second kappa shape index (κ2) is 8.61. The first-order valence-electron chi connectivity index (χ1n) is 11.0. The SMILES string of the molecule is CC1CC(CN2C(=O)C3CC(S(=O)(=O)NC4(CF)CC4)CCC3N(CC(F)(F)F)C2=O)ON1. The summed E-state index contributed by atoms with van der Waals surface area (Å²) >= 11 is 0. The summed E-state index contributed by atoms with van der Waals surface area (Å²) in [5.74, 6) is -1.80. The van der Waals surface area contributed by atoms with Crippen LogP contribution >= 0.6 is 0 Å². The molecule has 0 radical (unpaired) electrons. The second-order valence-electron chi connectivity index (χ2n) is 9.64. The number of urea groups is 1. The highest BCUT2D eigenvalue weighted by Gasteiger charge is 2.55. The third-order valence-corrected chi connectivity index (χ3v) is 8.94. The third kappa shape index (κ3) is 5.13. The minimum Gasteiger partial charge on any atom is -0.311 e. The number of carbonyl (C=O) groups is 2. The molecule has 9 nitrogen and oxygen atoms in total. The molecule has 0 bridgehead atoms. The Labute approximate surface area is 189 Å². The van der Waals surface area contributed by atoms with Crippen LogP contribution in [0, 0.1) is 5.92 Å². The number of nitrogens with zero attached hydrogens (tertiary/aromatic N) is 2. The van der Waals surface area contributed by atoms with E-state index in [1.54, 1.807) is 0 Å². The number of amides is 3. The van der Waals surface area contributed by atoms with Crippen LogP contribution in [0.3, 0.4) is 0 Å². The summed E-state index contributed by atoms with van der Waals surface area (Å²) in [7, 11) is -4.00. The van der Waals surface area contributed by atoms with E-state index in [2.05, 4.69) is 10.2 Å². The predicted molar refractivity (Wildman–Crippen MR) is 107 cm³/mol. The number of fused-ring (bicyclic) bond motifs is 1. The number of hydrogen-bond acceptors (Lipinski definition) is 6. The monoisotopic (exact) mass is 500 g/mol.